The molecular formula is C17H21N3O4. The van der Waals surface area contributed by atoms with E-state index in [-0.39, 0.29) is 18.4 Å². The SMILES string of the molecule is CCOc1ccccc1OCC(=O)N1CC[C@H](c2nc(C)no2)C1. The number of hydrogen-bond donors (Lipinski definition) is 0. The number of ether oxygens (including phenoxy) is 2. The van der Waals surface area contributed by atoms with Crippen LogP contribution in [0.15, 0.2) is 28.8 Å². The third-order valence-electron chi connectivity index (χ3n) is 3.93. The Hall–Kier alpha value is -2.57. The summed E-state index contributed by atoms with van der Waals surface area (Å²) in [7, 11) is 0. The molecule has 1 aromatic heterocycles. The van der Waals surface area contributed by atoms with Crippen molar-refractivity contribution in [2.45, 2.75) is 26.2 Å². The molecule has 3 rings (SSSR count). The Morgan fingerprint density at radius 2 is 2.08 bits per heavy atom. The van der Waals surface area contributed by atoms with Crippen LogP contribution in [0.4, 0.5) is 0 Å². The van der Waals surface area contributed by atoms with Gasteiger partial charge in [-0.05, 0) is 32.4 Å². The highest BCUT2D eigenvalue weighted by atomic mass is 16.5. The fourth-order valence-electron chi connectivity index (χ4n) is 2.74. The predicted molar refractivity (Wildman–Crippen MR) is 86.1 cm³/mol. The Kier molecular flexibility index (Phi) is 4.98. The maximum atomic E-state index is 12.4. The smallest absolute Gasteiger partial charge is 0.260 e. The first kappa shape index (κ1) is 16.3. The van der Waals surface area contributed by atoms with Crippen LogP contribution >= 0.6 is 0 Å². The minimum absolute atomic E-state index is 0.0142. The summed E-state index contributed by atoms with van der Waals surface area (Å²) in [6.45, 7) is 5.48. The number of hydrogen-bond acceptors (Lipinski definition) is 6. The van der Waals surface area contributed by atoms with Crippen molar-refractivity contribution < 1.29 is 18.8 Å². The Bertz CT molecular complexity index is 701. The average molecular weight is 331 g/mol. The standard InChI is InChI=1S/C17H21N3O4/c1-3-22-14-6-4-5-7-15(14)23-11-16(21)20-9-8-13(10-20)17-18-12(2)19-24-17/h4-7,13H,3,8-11H2,1-2H3/t13-/m0/s1. The van der Waals surface area contributed by atoms with Crippen molar-refractivity contribution in [3.05, 3.63) is 36.0 Å². The summed E-state index contributed by atoms with van der Waals surface area (Å²) >= 11 is 0. The molecule has 0 bridgehead atoms. The molecule has 1 aliphatic heterocycles. The van der Waals surface area contributed by atoms with E-state index in [0.717, 1.165) is 6.42 Å². The zero-order chi connectivity index (χ0) is 16.9. The molecule has 128 valence electrons. The lowest BCUT2D eigenvalue weighted by molar-refractivity contribution is -0.132. The van der Waals surface area contributed by atoms with Gasteiger partial charge >= 0.3 is 0 Å². The summed E-state index contributed by atoms with van der Waals surface area (Å²) in [6.07, 6.45) is 0.822. The topological polar surface area (TPSA) is 77.7 Å². The van der Waals surface area contributed by atoms with E-state index in [1.54, 1.807) is 17.9 Å². The van der Waals surface area contributed by atoms with Gasteiger partial charge in [0.05, 0.1) is 12.5 Å². The number of nitrogens with zero attached hydrogens (tertiary/aromatic N) is 3. The second-order valence-corrected chi connectivity index (χ2v) is 5.67. The van der Waals surface area contributed by atoms with Crippen molar-refractivity contribution in [3.8, 4) is 11.5 Å². The average Bonchev–Trinajstić information content (AvgIpc) is 3.23. The highest BCUT2D eigenvalue weighted by molar-refractivity contribution is 5.78. The van der Waals surface area contributed by atoms with Gasteiger partial charge in [-0.3, -0.25) is 4.79 Å². The lowest BCUT2D eigenvalue weighted by Crippen LogP contribution is -2.32. The first-order chi connectivity index (χ1) is 11.7. The normalized spacial score (nSPS) is 17.1. The van der Waals surface area contributed by atoms with E-state index in [1.165, 1.54) is 0 Å². The summed E-state index contributed by atoms with van der Waals surface area (Å²) in [5.41, 5.74) is 0. The minimum Gasteiger partial charge on any atom is -0.490 e. The van der Waals surface area contributed by atoms with Gasteiger partial charge in [-0.15, -0.1) is 0 Å². The number of rotatable bonds is 6. The van der Waals surface area contributed by atoms with Crippen LogP contribution in [-0.2, 0) is 4.79 Å². The van der Waals surface area contributed by atoms with Crippen molar-refractivity contribution in [2.24, 2.45) is 0 Å². The van der Waals surface area contributed by atoms with Crippen molar-refractivity contribution in [1.82, 2.24) is 15.0 Å². The van der Waals surface area contributed by atoms with Crippen LogP contribution in [0.25, 0.3) is 0 Å². The highest BCUT2D eigenvalue weighted by Crippen LogP contribution is 2.28. The third kappa shape index (κ3) is 3.67. The number of para-hydroxylation sites is 2. The lowest BCUT2D eigenvalue weighted by atomic mass is 10.1. The highest BCUT2D eigenvalue weighted by Gasteiger charge is 2.31. The Balaban J connectivity index is 1.55. The first-order valence-corrected chi connectivity index (χ1v) is 8.10. The summed E-state index contributed by atoms with van der Waals surface area (Å²) < 4.78 is 16.3. The van der Waals surface area contributed by atoms with Crippen molar-refractivity contribution in [2.75, 3.05) is 26.3 Å². The van der Waals surface area contributed by atoms with Gasteiger partial charge in [0.15, 0.2) is 23.9 Å². The van der Waals surface area contributed by atoms with Gasteiger partial charge < -0.3 is 18.9 Å². The third-order valence-corrected chi connectivity index (χ3v) is 3.93. The minimum atomic E-state index is -0.0555. The molecule has 2 heterocycles. The molecule has 0 radical (unpaired) electrons. The van der Waals surface area contributed by atoms with Crippen LogP contribution in [0.5, 0.6) is 11.5 Å². The summed E-state index contributed by atoms with van der Waals surface area (Å²) in [6, 6.07) is 7.35. The molecule has 1 saturated heterocycles. The van der Waals surface area contributed by atoms with Gasteiger partial charge in [-0.25, -0.2) is 0 Å². The second kappa shape index (κ2) is 7.33. The van der Waals surface area contributed by atoms with Gasteiger partial charge in [0.1, 0.15) is 0 Å². The van der Waals surface area contributed by atoms with Crippen molar-refractivity contribution in [1.29, 1.82) is 0 Å². The predicted octanol–water partition coefficient (Wildman–Crippen LogP) is 2.17. The molecule has 2 aromatic rings. The second-order valence-electron chi connectivity index (χ2n) is 5.67. The fourth-order valence-corrected chi connectivity index (χ4v) is 2.74. The van der Waals surface area contributed by atoms with Gasteiger partial charge in [0.25, 0.3) is 5.91 Å². The molecule has 1 fully saturated rings. The van der Waals surface area contributed by atoms with E-state index in [1.807, 2.05) is 25.1 Å². The van der Waals surface area contributed by atoms with Crippen molar-refractivity contribution >= 4 is 5.91 Å². The fraction of sp³-hybridized carbons (Fsp3) is 0.471. The first-order valence-electron chi connectivity index (χ1n) is 8.10. The number of amides is 1. The van der Waals surface area contributed by atoms with E-state index >= 15 is 0 Å². The number of aryl methyl sites for hydroxylation is 1. The maximum absolute atomic E-state index is 12.4. The van der Waals surface area contributed by atoms with Gasteiger partial charge in [0.2, 0.25) is 5.89 Å². The largest absolute Gasteiger partial charge is 0.490 e. The zero-order valence-electron chi connectivity index (χ0n) is 13.9. The number of benzene rings is 1. The summed E-state index contributed by atoms with van der Waals surface area (Å²) in [5, 5.41) is 3.81. The molecule has 1 amide bonds. The maximum Gasteiger partial charge on any atom is 0.260 e. The van der Waals surface area contributed by atoms with Crippen LogP contribution in [0, 0.1) is 6.92 Å². The van der Waals surface area contributed by atoms with Crippen LogP contribution in [0.1, 0.15) is 31.0 Å². The molecule has 7 heteroatoms. The quantitative estimate of drug-likeness (QED) is 0.807. The Morgan fingerprint density at radius 3 is 2.75 bits per heavy atom. The monoisotopic (exact) mass is 331 g/mol. The molecule has 0 saturated carbocycles. The molecule has 0 aliphatic carbocycles. The van der Waals surface area contributed by atoms with Crippen LogP contribution in [-0.4, -0.2) is 47.3 Å². The lowest BCUT2D eigenvalue weighted by Gasteiger charge is -2.17. The van der Waals surface area contributed by atoms with Crippen LogP contribution in [0.3, 0.4) is 0 Å². The summed E-state index contributed by atoms with van der Waals surface area (Å²) in [5.74, 6) is 2.49. The van der Waals surface area contributed by atoms with E-state index in [4.69, 9.17) is 14.0 Å². The van der Waals surface area contributed by atoms with Crippen LogP contribution < -0.4 is 9.47 Å². The van der Waals surface area contributed by atoms with Crippen molar-refractivity contribution in [3.63, 3.8) is 0 Å². The molecule has 1 atom stereocenters. The number of aromatic nitrogens is 2. The van der Waals surface area contributed by atoms with E-state index < -0.39 is 0 Å². The molecule has 1 aromatic carbocycles. The molecule has 1 aliphatic rings. The number of carbonyl (C=O) groups is 1. The molecular weight excluding hydrogens is 310 g/mol. The van der Waals surface area contributed by atoms with Gasteiger partial charge in [-0.1, -0.05) is 17.3 Å². The summed E-state index contributed by atoms with van der Waals surface area (Å²) in [4.78, 5) is 18.4. The number of likely N-dealkylation sites (tertiary alicyclic amines) is 1. The zero-order valence-corrected chi connectivity index (χ0v) is 13.9. The molecule has 24 heavy (non-hydrogen) atoms. The van der Waals surface area contributed by atoms with Gasteiger partial charge in [-0.2, -0.15) is 4.98 Å². The number of carbonyl (C=O) groups excluding carboxylic acids is 1. The van der Waals surface area contributed by atoms with Crippen LogP contribution in [0.2, 0.25) is 0 Å². The molecule has 0 spiro atoms. The Morgan fingerprint density at radius 1 is 1.33 bits per heavy atom. The van der Waals surface area contributed by atoms with E-state index in [0.29, 0.717) is 42.9 Å². The molecule has 0 N–H and O–H groups in total. The van der Waals surface area contributed by atoms with Gasteiger partial charge in [0, 0.05) is 13.1 Å². The van der Waals surface area contributed by atoms with E-state index in [9.17, 15) is 4.79 Å². The molecule has 0 unspecified atom stereocenters. The Labute approximate surface area is 140 Å². The molecule has 7 nitrogen and oxygen atoms in total. The van der Waals surface area contributed by atoms with E-state index in [2.05, 4.69) is 10.1 Å².